The Morgan fingerprint density at radius 2 is 2.06 bits per heavy atom. The molecule has 0 aliphatic carbocycles. The van der Waals surface area contributed by atoms with E-state index in [-0.39, 0.29) is 5.82 Å². The zero-order valence-corrected chi connectivity index (χ0v) is 9.73. The first kappa shape index (κ1) is 10.8. The molecule has 0 unspecified atom stereocenters. The Balaban J connectivity index is 1.87. The topological polar surface area (TPSA) is 14.2 Å². The van der Waals surface area contributed by atoms with Crippen molar-refractivity contribution in [2.75, 3.05) is 13.2 Å². The number of hydrogen-bond acceptors (Lipinski definition) is 1. The summed E-state index contributed by atoms with van der Waals surface area (Å²) in [4.78, 5) is 0. The minimum Gasteiger partial charge on any atom is -0.381 e. The van der Waals surface area contributed by atoms with Gasteiger partial charge in [0, 0.05) is 31.3 Å². The average molecular weight is 233 g/mol. The molecule has 2 nitrogen and oxygen atoms in total. The zero-order chi connectivity index (χ0) is 11.7. The summed E-state index contributed by atoms with van der Waals surface area (Å²) in [5.74, 6) is 0.524. The first-order valence-electron chi connectivity index (χ1n) is 6.16. The van der Waals surface area contributed by atoms with Gasteiger partial charge in [0.15, 0.2) is 0 Å². The molecule has 1 aliphatic heterocycles. The summed E-state index contributed by atoms with van der Waals surface area (Å²) in [5.41, 5.74) is 0.997. The van der Waals surface area contributed by atoms with E-state index in [1.165, 1.54) is 6.07 Å². The molecule has 2 aromatic rings. The first-order chi connectivity index (χ1) is 8.34. The van der Waals surface area contributed by atoms with Crippen molar-refractivity contribution in [1.29, 1.82) is 0 Å². The summed E-state index contributed by atoms with van der Waals surface area (Å²) in [6.45, 7) is 2.69. The van der Waals surface area contributed by atoms with Crippen LogP contribution >= 0.6 is 0 Å². The van der Waals surface area contributed by atoms with Gasteiger partial charge in [0.05, 0.1) is 5.52 Å². The molecule has 0 spiro atoms. The standard InChI is InChI=1S/C14H16FNO/c15-13-2-1-3-14-12(13)4-7-16(14)10-11-5-8-17-9-6-11/h1-4,7,11H,5-6,8-10H2. The highest BCUT2D eigenvalue weighted by Gasteiger charge is 2.15. The fourth-order valence-electron chi connectivity index (χ4n) is 2.55. The van der Waals surface area contributed by atoms with E-state index in [0.29, 0.717) is 5.92 Å². The Hall–Kier alpha value is -1.35. The van der Waals surface area contributed by atoms with Crippen LogP contribution in [0.1, 0.15) is 12.8 Å². The second-order valence-corrected chi connectivity index (χ2v) is 4.70. The highest BCUT2D eigenvalue weighted by atomic mass is 19.1. The van der Waals surface area contributed by atoms with E-state index in [1.54, 1.807) is 6.07 Å². The number of rotatable bonds is 2. The number of hydrogen-bond donors (Lipinski definition) is 0. The molecule has 90 valence electrons. The van der Waals surface area contributed by atoms with Crippen molar-refractivity contribution in [1.82, 2.24) is 4.57 Å². The molecule has 0 amide bonds. The molecule has 0 saturated carbocycles. The van der Waals surface area contributed by atoms with E-state index in [0.717, 1.165) is 43.5 Å². The maximum Gasteiger partial charge on any atom is 0.132 e. The van der Waals surface area contributed by atoms with Gasteiger partial charge in [-0.25, -0.2) is 4.39 Å². The summed E-state index contributed by atoms with van der Waals surface area (Å²) in [7, 11) is 0. The average Bonchev–Trinajstić information content (AvgIpc) is 2.76. The number of nitrogens with zero attached hydrogens (tertiary/aromatic N) is 1. The zero-order valence-electron chi connectivity index (χ0n) is 9.73. The van der Waals surface area contributed by atoms with Crippen molar-refractivity contribution in [3.8, 4) is 0 Å². The molecule has 1 fully saturated rings. The van der Waals surface area contributed by atoms with E-state index in [1.807, 2.05) is 18.3 Å². The van der Waals surface area contributed by atoms with Gasteiger partial charge < -0.3 is 9.30 Å². The molecule has 1 aromatic carbocycles. The van der Waals surface area contributed by atoms with Crippen molar-refractivity contribution in [2.24, 2.45) is 5.92 Å². The van der Waals surface area contributed by atoms with Gasteiger partial charge in [0.25, 0.3) is 0 Å². The molecular formula is C14H16FNO. The quantitative estimate of drug-likeness (QED) is 0.777. The largest absolute Gasteiger partial charge is 0.381 e. The van der Waals surface area contributed by atoms with E-state index in [4.69, 9.17) is 4.74 Å². The lowest BCUT2D eigenvalue weighted by Crippen LogP contribution is -2.20. The number of halogens is 1. The Morgan fingerprint density at radius 3 is 2.88 bits per heavy atom. The first-order valence-corrected chi connectivity index (χ1v) is 6.16. The minimum absolute atomic E-state index is 0.131. The maximum atomic E-state index is 13.5. The van der Waals surface area contributed by atoms with E-state index in [9.17, 15) is 4.39 Å². The lowest BCUT2D eigenvalue weighted by molar-refractivity contribution is 0.0616. The van der Waals surface area contributed by atoms with Gasteiger partial charge in [-0.05, 0) is 37.0 Å². The van der Waals surface area contributed by atoms with Crippen LogP contribution in [0.4, 0.5) is 4.39 Å². The molecule has 1 aliphatic rings. The monoisotopic (exact) mass is 233 g/mol. The Kier molecular flexibility index (Phi) is 2.85. The predicted octanol–water partition coefficient (Wildman–Crippen LogP) is 3.21. The van der Waals surface area contributed by atoms with Crippen molar-refractivity contribution >= 4 is 10.9 Å². The molecule has 0 atom stereocenters. The number of ether oxygens (including phenoxy) is 1. The molecule has 0 radical (unpaired) electrons. The fraction of sp³-hybridized carbons (Fsp3) is 0.429. The summed E-state index contributed by atoms with van der Waals surface area (Å²) in [5, 5.41) is 0.722. The Bertz CT molecular complexity index is 514. The van der Waals surface area contributed by atoms with Crippen molar-refractivity contribution in [3.63, 3.8) is 0 Å². The van der Waals surface area contributed by atoms with Crippen LogP contribution in [-0.4, -0.2) is 17.8 Å². The van der Waals surface area contributed by atoms with E-state index < -0.39 is 0 Å². The van der Waals surface area contributed by atoms with Gasteiger partial charge in [0.2, 0.25) is 0 Å². The normalized spacial score (nSPS) is 17.7. The molecule has 1 saturated heterocycles. The van der Waals surface area contributed by atoms with Crippen LogP contribution in [0.3, 0.4) is 0 Å². The molecule has 2 heterocycles. The Morgan fingerprint density at radius 1 is 1.24 bits per heavy atom. The van der Waals surface area contributed by atoms with Crippen LogP contribution < -0.4 is 0 Å². The summed E-state index contributed by atoms with van der Waals surface area (Å²) in [6, 6.07) is 7.14. The lowest BCUT2D eigenvalue weighted by atomic mass is 10.0. The molecule has 1 aromatic heterocycles. The Labute approximate surface area is 100.0 Å². The van der Waals surface area contributed by atoms with E-state index in [2.05, 4.69) is 4.57 Å². The summed E-state index contributed by atoms with van der Waals surface area (Å²) >= 11 is 0. The van der Waals surface area contributed by atoms with Crippen molar-refractivity contribution in [3.05, 3.63) is 36.3 Å². The van der Waals surface area contributed by atoms with Gasteiger partial charge in [-0.15, -0.1) is 0 Å². The fourth-order valence-corrected chi connectivity index (χ4v) is 2.55. The van der Waals surface area contributed by atoms with Crippen LogP contribution in [0, 0.1) is 11.7 Å². The minimum atomic E-state index is -0.131. The third-order valence-electron chi connectivity index (χ3n) is 3.56. The molecule has 0 bridgehead atoms. The SMILES string of the molecule is Fc1cccc2c1ccn2CC1CCOCC1. The molecule has 0 N–H and O–H groups in total. The molecular weight excluding hydrogens is 217 g/mol. The van der Waals surface area contributed by atoms with Gasteiger partial charge >= 0.3 is 0 Å². The second-order valence-electron chi connectivity index (χ2n) is 4.70. The van der Waals surface area contributed by atoms with Crippen molar-refractivity contribution < 1.29 is 9.13 Å². The number of fused-ring (bicyclic) bond motifs is 1. The third kappa shape index (κ3) is 2.07. The summed E-state index contributed by atoms with van der Waals surface area (Å²) in [6.07, 6.45) is 4.20. The summed E-state index contributed by atoms with van der Waals surface area (Å²) < 4.78 is 21.1. The number of aromatic nitrogens is 1. The highest BCUT2D eigenvalue weighted by Crippen LogP contribution is 2.23. The maximum absolute atomic E-state index is 13.5. The molecule has 3 heteroatoms. The van der Waals surface area contributed by atoms with Gasteiger partial charge in [-0.2, -0.15) is 0 Å². The number of benzene rings is 1. The molecule has 3 rings (SSSR count). The van der Waals surface area contributed by atoms with Gasteiger partial charge in [-0.1, -0.05) is 6.07 Å². The second kappa shape index (κ2) is 4.49. The van der Waals surface area contributed by atoms with Crippen LogP contribution in [0.5, 0.6) is 0 Å². The molecule has 17 heavy (non-hydrogen) atoms. The van der Waals surface area contributed by atoms with Crippen LogP contribution in [0.2, 0.25) is 0 Å². The van der Waals surface area contributed by atoms with Crippen molar-refractivity contribution in [2.45, 2.75) is 19.4 Å². The van der Waals surface area contributed by atoms with Crippen LogP contribution in [-0.2, 0) is 11.3 Å². The third-order valence-corrected chi connectivity index (χ3v) is 3.56. The predicted molar refractivity (Wildman–Crippen MR) is 65.4 cm³/mol. The van der Waals surface area contributed by atoms with E-state index >= 15 is 0 Å². The smallest absolute Gasteiger partial charge is 0.132 e. The highest BCUT2D eigenvalue weighted by molar-refractivity contribution is 5.80. The van der Waals surface area contributed by atoms with Crippen LogP contribution in [0.15, 0.2) is 30.5 Å². The van der Waals surface area contributed by atoms with Gasteiger partial charge in [0.1, 0.15) is 5.82 Å². The van der Waals surface area contributed by atoms with Gasteiger partial charge in [-0.3, -0.25) is 0 Å². The van der Waals surface area contributed by atoms with Crippen LogP contribution in [0.25, 0.3) is 10.9 Å². The lowest BCUT2D eigenvalue weighted by Gasteiger charge is -2.22.